The van der Waals surface area contributed by atoms with Gasteiger partial charge < -0.3 is 20.1 Å². The number of carbonyl (C=O) groups is 2. The Bertz CT molecular complexity index is 436. The number of alkyl carbamates (subject to hydrolysis) is 2. The third-order valence-corrected chi connectivity index (χ3v) is 2.26. The lowest BCUT2D eigenvalue weighted by Gasteiger charge is -2.22. The van der Waals surface area contributed by atoms with Gasteiger partial charge in [0.15, 0.2) is 0 Å². The highest BCUT2D eigenvalue weighted by Gasteiger charge is 2.19. The summed E-state index contributed by atoms with van der Waals surface area (Å²) in [4.78, 5) is 23.1. The van der Waals surface area contributed by atoms with Crippen molar-refractivity contribution in [1.82, 2.24) is 10.6 Å². The minimum absolute atomic E-state index is 0.196. The van der Waals surface area contributed by atoms with E-state index in [0.29, 0.717) is 5.57 Å². The van der Waals surface area contributed by atoms with E-state index < -0.39 is 36.1 Å². The van der Waals surface area contributed by atoms with Crippen LogP contribution >= 0.6 is 0 Å². The topological polar surface area (TPSA) is 76.7 Å². The molecule has 0 saturated carbocycles. The van der Waals surface area contributed by atoms with Gasteiger partial charge in [-0.3, -0.25) is 0 Å². The second-order valence-electron chi connectivity index (χ2n) is 7.28. The summed E-state index contributed by atoms with van der Waals surface area (Å²) in [7, 11) is 0. The molecular weight excluding hydrogens is 303 g/mol. The van der Waals surface area contributed by atoms with Crippen LogP contribution in [0.15, 0.2) is 11.6 Å². The van der Waals surface area contributed by atoms with Crippen LogP contribution in [0.3, 0.4) is 0 Å². The van der Waals surface area contributed by atoms with Gasteiger partial charge in [-0.25, -0.2) is 14.0 Å². The van der Waals surface area contributed by atoms with E-state index in [4.69, 9.17) is 9.47 Å². The Kier molecular flexibility index (Phi) is 8.06. The third kappa shape index (κ3) is 12.4. The summed E-state index contributed by atoms with van der Waals surface area (Å²) >= 11 is 0. The lowest BCUT2D eigenvalue weighted by atomic mass is 10.2. The van der Waals surface area contributed by atoms with Gasteiger partial charge in [0, 0.05) is 6.54 Å². The van der Waals surface area contributed by atoms with Crippen molar-refractivity contribution < 1.29 is 23.5 Å². The van der Waals surface area contributed by atoms with Crippen molar-refractivity contribution in [2.75, 3.05) is 13.2 Å². The van der Waals surface area contributed by atoms with Crippen LogP contribution < -0.4 is 10.6 Å². The molecule has 0 spiro atoms. The van der Waals surface area contributed by atoms with E-state index in [9.17, 15) is 14.0 Å². The zero-order valence-corrected chi connectivity index (χ0v) is 15.1. The number of ether oxygens (including phenoxy) is 2. The lowest BCUT2D eigenvalue weighted by Crippen LogP contribution is -2.39. The highest BCUT2D eigenvalue weighted by atomic mass is 19.1. The highest BCUT2D eigenvalue weighted by Crippen LogP contribution is 2.08. The van der Waals surface area contributed by atoms with Gasteiger partial charge in [-0.05, 0) is 48.5 Å². The second kappa shape index (κ2) is 8.74. The van der Waals surface area contributed by atoms with E-state index in [0.717, 1.165) is 0 Å². The second-order valence-corrected chi connectivity index (χ2v) is 7.28. The highest BCUT2D eigenvalue weighted by molar-refractivity contribution is 5.69. The predicted molar refractivity (Wildman–Crippen MR) is 87.1 cm³/mol. The average molecular weight is 332 g/mol. The van der Waals surface area contributed by atoms with Crippen LogP contribution in [-0.2, 0) is 9.47 Å². The number of hydrogen-bond acceptors (Lipinski definition) is 4. The number of amides is 2. The minimum atomic E-state index is -0.815. The number of halogens is 1. The zero-order chi connectivity index (χ0) is 18.3. The van der Waals surface area contributed by atoms with Crippen LogP contribution in [0.5, 0.6) is 0 Å². The predicted octanol–water partition coefficient (Wildman–Crippen LogP) is 3.32. The molecule has 23 heavy (non-hydrogen) atoms. The summed E-state index contributed by atoms with van der Waals surface area (Å²) in [6.07, 6.45) is 0.285. The van der Waals surface area contributed by atoms with E-state index in [1.165, 1.54) is 6.08 Å². The Balaban J connectivity index is 4.44. The van der Waals surface area contributed by atoms with Crippen molar-refractivity contribution in [1.29, 1.82) is 0 Å². The van der Waals surface area contributed by atoms with Crippen LogP contribution in [0.4, 0.5) is 14.0 Å². The molecular formula is C16H29FN2O4. The normalized spacial score (nSPS) is 14.0. The first kappa shape index (κ1) is 21.2. The summed E-state index contributed by atoms with van der Waals surface area (Å²) in [5.41, 5.74) is -0.543. The molecule has 0 aromatic rings. The lowest BCUT2D eigenvalue weighted by molar-refractivity contribution is 0.0501. The van der Waals surface area contributed by atoms with Gasteiger partial charge in [0.05, 0.1) is 6.04 Å². The largest absolute Gasteiger partial charge is 0.444 e. The summed E-state index contributed by atoms with van der Waals surface area (Å²) in [5.74, 6) is 0. The van der Waals surface area contributed by atoms with Crippen LogP contribution in [0.2, 0.25) is 0 Å². The maximum absolute atomic E-state index is 13.0. The fourth-order valence-electron chi connectivity index (χ4n) is 1.51. The standard InChI is InChI=1S/C16H29FN2O4/c1-11(10-18-13(20)22-15(2,3)4)8-12(9-17)19-14(21)23-16(5,6)7/h8,12H,9-10H2,1-7H3,(H,18,20)(H,19,21)/b11-8+. The number of hydrogen-bond donors (Lipinski definition) is 2. The van der Waals surface area contributed by atoms with Crippen molar-refractivity contribution in [3.63, 3.8) is 0 Å². The smallest absolute Gasteiger partial charge is 0.408 e. The van der Waals surface area contributed by atoms with Gasteiger partial charge >= 0.3 is 12.2 Å². The number of alkyl halides is 1. The van der Waals surface area contributed by atoms with Crippen LogP contribution in [0.1, 0.15) is 48.5 Å². The molecule has 0 heterocycles. The van der Waals surface area contributed by atoms with Crippen molar-refractivity contribution in [2.24, 2.45) is 0 Å². The number of carbonyl (C=O) groups excluding carboxylic acids is 2. The molecule has 134 valence electrons. The van der Waals surface area contributed by atoms with Crippen molar-refractivity contribution >= 4 is 12.2 Å². The Morgan fingerprint density at radius 2 is 1.52 bits per heavy atom. The van der Waals surface area contributed by atoms with Gasteiger partial charge in [-0.1, -0.05) is 11.6 Å². The summed E-state index contributed by atoms with van der Waals surface area (Å²) in [6, 6.07) is -0.815. The number of rotatable bonds is 5. The molecule has 0 rings (SSSR count). The summed E-state index contributed by atoms with van der Waals surface area (Å²) in [6.45, 7) is 11.6. The molecule has 0 aliphatic heterocycles. The minimum Gasteiger partial charge on any atom is -0.444 e. The van der Waals surface area contributed by atoms with Gasteiger partial charge in [0.25, 0.3) is 0 Å². The van der Waals surface area contributed by atoms with E-state index >= 15 is 0 Å². The Labute approximate surface area is 137 Å². The zero-order valence-electron chi connectivity index (χ0n) is 15.1. The molecule has 0 bridgehead atoms. The van der Waals surface area contributed by atoms with Crippen LogP contribution in [0, 0.1) is 0 Å². The summed E-state index contributed by atoms with van der Waals surface area (Å²) in [5, 5.41) is 4.99. The fourth-order valence-corrected chi connectivity index (χ4v) is 1.51. The molecule has 1 unspecified atom stereocenters. The first-order valence-electron chi connectivity index (χ1n) is 7.52. The first-order chi connectivity index (χ1) is 10.3. The fraction of sp³-hybridized carbons (Fsp3) is 0.750. The van der Waals surface area contributed by atoms with E-state index in [2.05, 4.69) is 10.6 Å². The van der Waals surface area contributed by atoms with E-state index in [1.54, 1.807) is 48.5 Å². The summed E-state index contributed by atoms with van der Waals surface area (Å²) < 4.78 is 23.2. The molecule has 0 saturated heterocycles. The Morgan fingerprint density at radius 1 is 1.04 bits per heavy atom. The van der Waals surface area contributed by atoms with Gasteiger partial charge in [0.2, 0.25) is 0 Å². The SMILES string of the molecule is C/C(=C\C(CF)NC(=O)OC(C)(C)C)CNC(=O)OC(C)(C)C. The quantitative estimate of drug-likeness (QED) is 0.757. The van der Waals surface area contributed by atoms with Crippen LogP contribution in [0.25, 0.3) is 0 Å². The van der Waals surface area contributed by atoms with Gasteiger partial charge in [-0.15, -0.1) is 0 Å². The van der Waals surface area contributed by atoms with Crippen molar-refractivity contribution in [2.45, 2.75) is 65.7 Å². The molecule has 0 radical (unpaired) electrons. The molecule has 7 heteroatoms. The maximum atomic E-state index is 13.0. The van der Waals surface area contributed by atoms with E-state index in [1.807, 2.05) is 0 Å². The molecule has 6 nitrogen and oxygen atoms in total. The Hall–Kier alpha value is -1.79. The molecule has 0 fully saturated rings. The monoisotopic (exact) mass is 332 g/mol. The first-order valence-corrected chi connectivity index (χ1v) is 7.52. The average Bonchev–Trinajstić information content (AvgIpc) is 2.31. The number of nitrogens with one attached hydrogen (secondary N) is 2. The molecule has 0 aliphatic carbocycles. The maximum Gasteiger partial charge on any atom is 0.408 e. The molecule has 0 aliphatic rings. The molecule has 1 atom stereocenters. The van der Waals surface area contributed by atoms with Crippen molar-refractivity contribution in [3.05, 3.63) is 11.6 Å². The van der Waals surface area contributed by atoms with Gasteiger partial charge in [-0.2, -0.15) is 0 Å². The Morgan fingerprint density at radius 3 is 1.96 bits per heavy atom. The van der Waals surface area contributed by atoms with Gasteiger partial charge in [0.1, 0.15) is 17.9 Å². The van der Waals surface area contributed by atoms with E-state index in [-0.39, 0.29) is 6.54 Å². The molecule has 0 aromatic carbocycles. The third-order valence-electron chi connectivity index (χ3n) is 2.26. The van der Waals surface area contributed by atoms with Crippen LogP contribution in [-0.4, -0.2) is 42.6 Å². The molecule has 2 amide bonds. The molecule has 0 aromatic heterocycles. The molecule has 2 N–H and O–H groups in total. The van der Waals surface area contributed by atoms with Crippen molar-refractivity contribution in [3.8, 4) is 0 Å².